The molecule has 5 heteroatoms. The lowest BCUT2D eigenvalue weighted by Crippen LogP contribution is -2.04. The molecule has 0 saturated heterocycles. The van der Waals surface area contributed by atoms with Gasteiger partial charge < -0.3 is 4.74 Å². The van der Waals surface area contributed by atoms with E-state index in [2.05, 4.69) is 0 Å². The highest BCUT2D eigenvalue weighted by Gasteiger charge is 2.10. The number of hydrogen-bond donors (Lipinski definition) is 0. The molecule has 0 aliphatic carbocycles. The maximum absolute atomic E-state index is 13.2. The van der Waals surface area contributed by atoms with Crippen molar-refractivity contribution in [3.8, 4) is 5.75 Å². The number of thiophene rings is 1. The van der Waals surface area contributed by atoms with Gasteiger partial charge in [0.05, 0.1) is 11.5 Å². The molecule has 0 N–H and O–H groups in total. The van der Waals surface area contributed by atoms with Gasteiger partial charge in [0, 0.05) is 6.42 Å². The van der Waals surface area contributed by atoms with Crippen molar-refractivity contribution in [2.24, 2.45) is 0 Å². The van der Waals surface area contributed by atoms with Crippen LogP contribution in [-0.2, 0) is 0 Å². The first kappa shape index (κ1) is 13.7. The number of rotatable bonds is 6. The fourth-order valence-electron chi connectivity index (χ4n) is 1.59. The number of benzene rings is 1. The van der Waals surface area contributed by atoms with E-state index >= 15 is 0 Å². The average Bonchev–Trinajstić information content (AvgIpc) is 2.91. The number of ketones is 1. The van der Waals surface area contributed by atoms with Gasteiger partial charge in [-0.1, -0.05) is 12.1 Å². The fraction of sp³-hybridized carbons (Fsp3) is 0.214. The molecular weight excluding hydrogens is 270 g/mol. The molecule has 1 aromatic carbocycles. The molecule has 2 nitrogen and oxygen atoms in total. The number of carbonyl (C=O) groups excluding carboxylic acids is 1. The summed E-state index contributed by atoms with van der Waals surface area (Å²) in [6.07, 6.45) is 0.723. The highest BCUT2D eigenvalue weighted by molar-refractivity contribution is 7.12. The van der Waals surface area contributed by atoms with E-state index in [0.29, 0.717) is 17.7 Å². The van der Waals surface area contributed by atoms with Crippen LogP contribution in [0.2, 0.25) is 0 Å². The minimum atomic E-state index is -0.732. The van der Waals surface area contributed by atoms with Gasteiger partial charge in [0.15, 0.2) is 23.2 Å². The molecule has 0 spiro atoms. The van der Waals surface area contributed by atoms with Crippen molar-refractivity contribution in [3.05, 3.63) is 52.2 Å². The number of para-hydroxylation sites is 1. The molecule has 0 fully saturated rings. The summed E-state index contributed by atoms with van der Waals surface area (Å²) in [5.41, 5.74) is 0. The van der Waals surface area contributed by atoms with Crippen LogP contribution in [0, 0.1) is 11.6 Å². The van der Waals surface area contributed by atoms with Gasteiger partial charge in [-0.2, -0.15) is 0 Å². The zero-order valence-electron chi connectivity index (χ0n) is 10.1. The summed E-state index contributed by atoms with van der Waals surface area (Å²) >= 11 is 1.38. The molecule has 0 saturated carbocycles. The third kappa shape index (κ3) is 3.61. The zero-order chi connectivity index (χ0) is 13.7. The van der Waals surface area contributed by atoms with E-state index in [4.69, 9.17) is 4.74 Å². The molecule has 0 aliphatic rings. The van der Waals surface area contributed by atoms with Gasteiger partial charge in [-0.3, -0.25) is 4.79 Å². The summed E-state index contributed by atoms with van der Waals surface area (Å²) in [5, 5.41) is 1.83. The molecule has 0 amide bonds. The number of ether oxygens (including phenoxy) is 1. The largest absolute Gasteiger partial charge is 0.488 e. The van der Waals surface area contributed by atoms with Crippen molar-refractivity contribution in [2.45, 2.75) is 12.8 Å². The van der Waals surface area contributed by atoms with Crippen LogP contribution in [-0.4, -0.2) is 12.4 Å². The molecule has 0 unspecified atom stereocenters. The normalized spacial score (nSPS) is 10.4. The summed E-state index contributed by atoms with van der Waals surface area (Å²) < 4.78 is 31.5. The van der Waals surface area contributed by atoms with E-state index in [1.165, 1.54) is 17.4 Å². The predicted molar refractivity (Wildman–Crippen MR) is 69.7 cm³/mol. The molecule has 0 radical (unpaired) electrons. The van der Waals surface area contributed by atoms with Crippen LogP contribution < -0.4 is 4.74 Å². The first-order valence-electron chi connectivity index (χ1n) is 5.82. The Labute approximate surface area is 113 Å². The fourth-order valence-corrected chi connectivity index (χ4v) is 2.28. The number of Topliss-reactive ketones (excluding diaryl/α,β-unsaturated/α-hetero) is 1. The summed E-state index contributed by atoms with van der Waals surface area (Å²) in [6.45, 7) is 0.106. The van der Waals surface area contributed by atoms with Crippen molar-refractivity contribution in [1.29, 1.82) is 0 Å². The van der Waals surface area contributed by atoms with Crippen molar-refractivity contribution in [2.75, 3.05) is 6.61 Å². The van der Waals surface area contributed by atoms with Crippen LogP contribution in [0.5, 0.6) is 5.75 Å². The van der Waals surface area contributed by atoms with E-state index in [9.17, 15) is 13.6 Å². The van der Waals surface area contributed by atoms with Gasteiger partial charge >= 0.3 is 0 Å². The Hall–Kier alpha value is -1.75. The van der Waals surface area contributed by atoms with Crippen LogP contribution in [0.4, 0.5) is 8.78 Å². The second kappa shape index (κ2) is 6.43. The second-order valence-electron chi connectivity index (χ2n) is 3.90. The lowest BCUT2D eigenvalue weighted by Gasteiger charge is -2.07. The Bertz CT molecular complexity index is 532. The molecule has 1 heterocycles. The Morgan fingerprint density at radius 3 is 2.53 bits per heavy atom. The highest BCUT2D eigenvalue weighted by atomic mass is 32.1. The quantitative estimate of drug-likeness (QED) is 0.589. The van der Waals surface area contributed by atoms with Crippen LogP contribution >= 0.6 is 11.3 Å². The van der Waals surface area contributed by atoms with Gasteiger partial charge in [0.25, 0.3) is 0 Å². The highest BCUT2D eigenvalue weighted by Crippen LogP contribution is 2.21. The minimum absolute atomic E-state index is 0.0209. The maximum atomic E-state index is 13.2. The summed E-state index contributed by atoms with van der Waals surface area (Å²) in [4.78, 5) is 12.3. The molecule has 2 aromatic rings. The summed E-state index contributed by atoms with van der Waals surface area (Å²) in [7, 11) is 0. The topological polar surface area (TPSA) is 26.3 Å². The molecule has 0 atom stereocenters. The van der Waals surface area contributed by atoms with Gasteiger partial charge in [0.1, 0.15) is 0 Å². The van der Waals surface area contributed by atoms with E-state index in [1.54, 1.807) is 6.07 Å². The Morgan fingerprint density at radius 1 is 1.16 bits per heavy atom. The lowest BCUT2D eigenvalue weighted by molar-refractivity contribution is 0.0977. The first-order valence-corrected chi connectivity index (χ1v) is 6.70. The molecule has 1 aromatic heterocycles. The van der Waals surface area contributed by atoms with Crippen molar-refractivity contribution in [1.82, 2.24) is 0 Å². The SMILES string of the molecule is O=C(CCCOc1c(F)cccc1F)c1cccs1. The van der Waals surface area contributed by atoms with Crippen LogP contribution in [0.1, 0.15) is 22.5 Å². The number of halogens is 2. The van der Waals surface area contributed by atoms with Crippen LogP contribution in [0.15, 0.2) is 35.7 Å². The Balaban J connectivity index is 1.80. The third-order valence-corrected chi connectivity index (χ3v) is 3.42. The van der Waals surface area contributed by atoms with Gasteiger partial charge in [-0.15, -0.1) is 11.3 Å². The van der Waals surface area contributed by atoms with E-state index in [0.717, 1.165) is 12.1 Å². The number of carbonyl (C=O) groups is 1. The molecule has 100 valence electrons. The Morgan fingerprint density at radius 2 is 1.89 bits per heavy atom. The molecule has 19 heavy (non-hydrogen) atoms. The average molecular weight is 282 g/mol. The zero-order valence-corrected chi connectivity index (χ0v) is 10.9. The van der Waals surface area contributed by atoms with Gasteiger partial charge in [-0.05, 0) is 30.0 Å². The van der Waals surface area contributed by atoms with Gasteiger partial charge in [-0.25, -0.2) is 8.78 Å². The Kier molecular flexibility index (Phi) is 4.63. The van der Waals surface area contributed by atoms with Crippen molar-refractivity contribution >= 4 is 17.1 Å². The van der Waals surface area contributed by atoms with Crippen molar-refractivity contribution < 1.29 is 18.3 Å². The monoisotopic (exact) mass is 282 g/mol. The van der Waals surface area contributed by atoms with Gasteiger partial charge in [0.2, 0.25) is 0 Å². The van der Waals surface area contributed by atoms with Crippen LogP contribution in [0.3, 0.4) is 0 Å². The molecule has 2 rings (SSSR count). The minimum Gasteiger partial charge on any atom is -0.488 e. The van der Waals surface area contributed by atoms with E-state index in [-0.39, 0.29) is 18.1 Å². The van der Waals surface area contributed by atoms with Crippen LogP contribution in [0.25, 0.3) is 0 Å². The lowest BCUT2D eigenvalue weighted by atomic mass is 10.2. The summed E-state index contributed by atoms with van der Waals surface area (Å²) in [5.74, 6) is -1.83. The molecule has 0 aliphatic heterocycles. The number of hydrogen-bond acceptors (Lipinski definition) is 3. The van der Waals surface area contributed by atoms with Crippen molar-refractivity contribution in [3.63, 3.8) is 0 Å². The molecular formula is C14H12F2O2S. The van der Waals surface area contributed by atoms with E-state index < -0.39 is 11.6 Å². The smallest absolute Gasteiger partial charge is 0.190 e. The molecule has 0 bridgehead atoms. The maximum Gasteiger partial charge on any atom is 0.190 e. The van der Waals surface area contributed by atoms with E-state index in [1.807, 2.05) is 11.4 Å². The predicted octanol–water partition coefficient (Wildman–Crippen LogP) is 4.07. The second-order valence-corrected chi connectivity index (χ2v) is 4.85. The standard InChI is InChI=1S/C14H12F2O2S/c15-10-4-1-5-11(16)14(10)18-8-2-6-12(17)13-7-3-9-19-13/h1,3-5,7,9H,2,6,8H2. The summed E-state index contributed by atoms with van der Waals surface area (Å²) in [6, 6.07) is 7.11. The third-order valence-electron chi connectivity index (χ3n) is 2.51. The first-order chi connectivity index (χ1) is 9.18.